The normalized spacial score (nSPS) is 24.9. The fourth-order valence-corrected chi connectivity index (χ4v) is 2.49. The number of aliphatic hydroxyl groups is 1. The van der Waals surface area contributed by atoms with Crippen LogP contribution in [0.5, 0.6) is 0 Å². The van der Waals surface area contributed by atoms with Crippen molar-refractivity contribution in [3.05, 3.63) is 0 Å². The van der Waals surface area contributed by atoms with E-state index in [-0.39, 0.29) is 6.03 Å². The summed E-state index contributed by atoms with van der Waals surface area (Å²) >= 11 is 0. The number of piperidine rings is 1. The van der Waals surface area contributed by atoms with Crippen LogP contribution in [-0.2, 0) is 4.74 Å². The van der Waals surface area contributed by atoms with E-state index in [1.165, 1.54) is 0 Å². The fourth-order valence-electron chi connectivity index (χ4n) is 2.49. The van der Waals surface area contributed by atoms with Crippen molar-refractivity contribution >= 4 is 6.03 Å². The fraction of sp³-hybridized carbons (Fsp3) is 0.923. The molecule has 18 heavy (non-hydrogen) atoms. The first-order valence-corrected chi connectivity index (χ1v) is 6.92. The van der Waals surface area contributed by atoms with Crippen LogP contribution in [0.3, 0.4) is 0 Å². The van der Waals surface area contributed by atoms with Gasteiger partial charge < -0.3 is 20.1 Å². The molecule has 5 nitrogen and oxygen atoms in total. The number of nitrogens with zero attached hydrogens (tertiary/aromatic N) is 1. The van der Waals surface area contributed by atoms with Crippen LogP contribution in [0.25, 0.3) is 0 Å². The third kappa shape index (κ3) is 3.59. The smallest absolute Gasteiger partial charge is 0.317 e. The summed E-state index contributed by atoms with van der Waals surface area (Å²) in [6.07, 6.45) is 3.35. The number of carbonyl (C=O) groups is 1. The number of hydrogen-bond acceptors (Lipinski definition) is 3. The standard InChI is InChI=1S/C13H24N2O3/c1-11-2-6-15(7-3-11)12(16)14-10-13(17)4-8-18-9-5-13/h11,17H,2-10H2,1H3,(H,14,16). The molecule has 104 valence electrons. The number of urea groups is 1. The van der Waals surface area contributed by atoms with Gasteiger partial charge in [0.25, 0.3) is 0 Å². The predicted octanol–water partition coefficient (Wildman–Crippen LogP) is 0.969. The molecule has 0 aromatic carbocycles. The van der Waals surface area contributed by atoms with Crippen LogP contribution in [0.1, 0.15) is 32.6 Å². The Morgan fingerprint density at radius 1 is 1.39 bits per heavy atom. The van der Waals surface area contributed by atoms with Crippen molar-refractivity contribution in [2.45, 2.75) is 38.2 Å². The summed E-state index contributed by atoms with van der Waals surface area (Å²) < 4.78 is 5.22. The van der Waals surface area contributed by atoms with Gasteiger partial charge >= 0.3 is 6.03 Å². The number of rotatable bonds is 2. The van der Waals surface area contributed by atoms with Crippen molar-refractivity contribution in [2.75, 3.05) is 32.8 Å². The average molecular weight is 256 g/mol. The zero-order valence-electron chi connectivity index (χ0n) is 11.2. The number of carbonyl (C=O) groups excluding carboxylic acids is 1. The lowest BCUT2D eigenvalue weighted by atomic mass is 9.94. The molecular formula is C13H24N2O3. The van der Waals surface area contributed by atoms with Gasteiger partial charge in [-0.15, -0.1) is 0 Å². The lowest BCUT2D eigenvalue weighted by Gasteiger charge is -2.34. The molecule has 2 amide bonds. The molecule has 2 rings (SSSR count). The largest absolute Gasteiger partial charge is 0.388 e. The van der Waals surface area contributed by atoms with E-state index in [1.807, 2.05) is 4.90 Å². The lowest BCUT2D eigenvalue weighted by molar-refractivity contribution is -0.0605. The van der Waals surface area contributed by atoms with Crippen LogP contribution in [0, 0.1) is 5.92 Å². The zero-order valence-corrected chi connectivity index (χ0v) is 11.2. The van der Waals surface area contributed by atoms with Gasteiger partial charge in [0.15, 0.2) is 0 Å². The molecule has 0 bridgehead atoms. The van der Waals surface area contributed by atoms with E-state index in [1.54, 1.807) is 0 Å². The molecule has 0 aliphatic carbocycles. The van der Waals surface area contributed by atoms with Crippen LogP contribution < -0.4 is 5.32 Å². The second-order valence-corrected chi connectivity index (χ2v) is 5.66. The van der Waals surface area contributed by atoms with Crippen molar-refractivity contribution in [1.29, 1.82) is 0 Å². The molecule has 2 N–H and O–H groups in total. The maximum Gasteiger partial charge on any atom is 0.317 e. The second kappa shape index (κ2) is 5.89. The number of ether oxygens (including phenoxy) is 1. The molecule has 2 saturated heterocycles. The minimum Gasteiger partial charge on any atom is -0.388 e. The predicted molar refractivity (Wildman–Crippen MR) is 68.4 cm³/mol. The quantitative estimate of drug-likeness (QED) is 0.774. The lowest BCUT2D eigenvalue weighted by Crippen LogP contribution is -2.51. The van der Waals surface area contributed by atoms with Crippen molar-refractivity contribution in [3.63, 3.8) is 0 Å². The molecule has 2 aliphatic heterocycles. The molecule has 0 radical (unpaired) electrons. The Labute approximate surface area is 108 Å². The summed E-state index contributed by atoms with van der Waals surface area (Å²) in [7, 11) is 0. The molecule has 0 unspecified atom stereocenters. The monoisotopic (exact) mass is 256 g/mol. The summed E-state index contributed by atoms with van der Waals surface area (Å²) in [6, 6.07) is -0.0400. The Hall–Kier alpha value is -0.810. The second-order valence-electron chi connectivity index (χ2n) is 5.66. The van der Waals surface area contributed by atoms with Gasteiger partial charge in [0, 0.05) is 45.7 Å². The van der Waals surface area contributed by atoms with Gasteiger partial charge in [-0.3, -0.25) is 0 Å². The zero-order chi connectivity index (χ0) is 13.0. The van der Waals surface area contributed by atoms with Gasteiger partial charge in [-0.1, -0.05) is 6.92 Å². The Bertz CT molecular complexity index is 282. The van der Waals surface area contributed by atoms with E-state index in [0.29, 0.717) is 38.5 Å². The van der Waals surface area contributed by atoms with Gasteiger partial charge in [0.05, 0.1) is 5.60 Å². The van der Waals surface area contributed by atoms with Crippen molar-refractivity contribution in [3.8, 4) is 0 Å². The van der Waals surface area contributed by atoms with E-state index < -0.39 is 5.60 Å². The Kier molecular flexibility index (Phi) is 4.45. The van der Waals surface area contributed by atoms with E-state index >= 15 is 0 Å². The van der Waals surface area contributed by atoms with Crippen molar-refractivity contribution in [1.82, 2.24) is 10.2 Å². The van der Waals surface area contributed by atoms with Crippen molar-refractivity contribution < 1.29 is 14.6 Å². The van der Waals surface area contributed by atoms with Crippen molar-refractivity contribution in [2.24, 2.45) is 5.92 Å². The van der Waals surface area contributed by atoms with E-state index in [2.05, 4.69) is 12.2 Å². The third-order valence-corrected chi connectivity index (χ3v) is 4.06. The number of nitrogens with one attached hydrogen (secondary N) is 1. The van der Waals surface area contributed by atoms with E-state index in [0.717, 1.165) is 25.9 Å². The van der Waals surface area contributed by atoms with Crippen LogP contribution in [0.4, 0.5) is 4.79 Å². The summed E-state index contributed by atoms with van der Waals surface area (Å²) in [6.45, 7) is 5.37. The molecule has 0 saturated carbocycles. The highest BCUT2D eigenvalue weighted by Gasteiger charge is 2.31. The molecule has 0 atom stereocenters. The molecule has 0 aromatic heterocycles. The van der Waals surface area contributed by atoms with Gasteiger partial charge in [-0.25, -0.2) is 4.79 Å². The van der Waals surface area contributed by atoms with Crippen LogP contribution in [-0.4, -0.2) is 54.5 Å². The maximum absolute atomic E-state index is 12.0. The maximum atomic E-state index is 12.0. The highest BCUT2D eigenvalue weighted by molar-refractivity contribution is 5.74. The minimum atomic E-state index is -0.781. The Morgan fingerprint density at radius 2 is 2.00 bits per heavy atom. The van der Waals surface area contributed by atoms with E-state index in [4.69, 9.17) is 4.74 Å². The first-order chi connectivity index (χ1) is 8.59. The molecule has 2 aliphatic rings. The molecular weight excluding hydrogens is 232 g/mol. The first-order valence-electron chi connectivity index (χ1n) is 6.92. The van der Waals surface area contributed by atoms with E-state index in [9.17, 15) is 9.90 Å². The van der Waals surface area contributed by atoms with Gasteiger partial charge in [0.1, 0.15) is 0 Å². The summed E-state index contributed by atoms with van der Waals surface area (Å²) in [5.74, 6) is 0.716. The van der Waals surface area contributed by atoms with Gasteiger partial charge in [0.2, 0.25) is 0 Å². The van der Waals surface area contributed by atoms with Crippen LogP contribution in [0.15, 0.2) is 0 Å². The summed E-state index contributed by atoms with van der Waals surface area (Å²) in [5, 5.41) is 13.1. The number of hydrogen-bond donors (Lipinski definition) is 2. The highest BCUT2D eigenvalue weighted by Crippen LogP contribution is 2.20. The Balaban J connectivity index is 1.74. The number of likely N-dealkylation sites (tertiary alicyclic amines) is 1. The first kappa shape index (κ1) is 13.6. The molecule has 0 spiro atoms. The number of amides is 2. The topological polar surface area (TPSA) is 61.8 Å². The molecule has 0 aromatic rings. The third-order valence-electron chi connectivity index (χ3n) is 4.06. The van der Waals surface area contributed by atoms with Crippen LogP contribution in [0.2, 0.25) is 0 Å². The summed E-state index contributed by atoms with van der Waals surface area (Å²) in [4.78, 5) is 13.8. The molecule has 2 heterocycles. The summed E-state index contributed by atoms with van der Waals surface area (Å²) in [5.41, 5.74) is -0.781. The SMILES string of the molecule is CC1CCN(C(=O)NCC2(O)CCOCC2)CC1. The average Bonchev–Trinajstić information content (AvgIpc) is 2.38. The molecule has 5 heteroatoms. The Morgan fingerprint density at radius 3 is 2.61 bits per heavy atom. The molecule has 2 fully saturated rings. The van der Waals surface area contributed by atoms with Gasteiger partial charge in [-0.05, 0) is 18.8 Å². The van der Waals surface area contributed by atoms with Gasteiger partial charge in [-0.2, -0.15) is 0 Å². The highest BCUT2D eigenvalue weighted by atomic mass is 16.5. The van der Waals surface area contributed by atoms with Crippen LogP contribution >= 0.6 is 0 Å². The minimum absolute atomic E-state index is 0.0400.